The highest BCUT2D eigenvalue weighted by Crippen LogP contribution is 2.01. The predicted molar refractivity (Wildman–Crippen MR) is 59.9 cm³/mol. The Bertz CT molecular complexity index is 446. The van der Waals surface area contributed by atoms with Gasteiger partial charge in [0, 0.05) is 38.5 Å². The maximum Gasteiger partial charge on any atom is 0.150 e. The maximum atomic E-state index is 5.09. The normalized spacial score (nSPS) is 10.9. The lowest BCUT2D eigenvalue weighted by atomic mass is 10.3. The summed E-state index contributed by atoms with van der Waals surface area (Å²) in [5.74, 6) is 1.96. The molecule has 0 radical (unpaired) electrons. The van der Waals surface area contributed by atoms with E-state index < -0.39 is 0 Å². The first-order valence-electron chi connectivity index (χ1n) is 5.35. The van der Waals surface area contributed by atoms with Crippen LogP contribution in [0.1, 0.15) is 17.3 Å². The summed E-state index contributed by atoms with van der Waals surface area (Å²) in [6.07, 6.45) is 4.68. The van der Waals surface area contributed by atoms with Gasteiger partial charge in [-0.2, -0.15) is 0 Å². The third-order valence-electron chi connectivity index (χ3n) is 2.42. The van der Waals surface area contributed by atoms with E-state index in [4.69, 9.17) is 4.52 Å². The molecule has 0 aliphatic carbocycles. The summed E-state index contributed by atoms with van der Waals surface area (Å²) < 4.78 is 7.12. The number of rotatable bonds is 5. The van der Waals surface area contributed by atoms with Gasteiger partial charge in [-0.1, -0.05) is 5.16 Å². The van der Waals surface area contributed by atoms with Crippen molar-refractivity contribution in [2.24, 2.45) is 7.05 Å². The average molecular weight is 220 g/mol. The van der Waals surface area contributed by atoms with E-state index in [1.54, 1.807) is 0 Å². The maximum absolute atomic E-state index is 5.09. The van der Waals surface area contributed by atoms with Crippen LogP contribution in [0.3, 0.4) is 0 Å². The summed E-state index contributed by atoms with van der Waals surface area (Å²) in [6, 6.07) is 1.94. The highest BCUT2D eigenvalue weighted by molar-refractivity contribution is 5.02. The molecule has 2 rings (SSSR count). The van der Waals surface area contributed by atoms with Crippen LogP contribution in [-0.2, 0) is 20.0 Å². The van der Waals surface area contributed by atoms with Crippen molar-refractivity contribution in [2.45, 2.75) is 19.9 Å². The van der Waals surface area contributed by atoms with Crippen LogP contribution in [0.2, 0.25) is 0 Å². The number of imidazole rings is 1. The Morgan fingerprint density at radius 2 is 2.38 bits per heavy atom. The second-order valence-electron chi connectivity index (χ2n) is 3.82. The summed E-state index contributed by atoms with van der Waals surface area (Å²) in [6.45, 7) is 3.51. The molecule has 0 aromatic carbocycles. The SMILES string of the molecule is Cc1cc(CNCCc2nccn2C)on1. The molecule has 0 amide bonds. The van der Waals surface area contributed by atoms with Gasteiger partial charge in [0.05, 0.1) is 12.2 Å². The third-order valence-corrected chi connectivity index (χ3v) is 2.42. The van der Waals surface area contributed by atoms with Crippen LogP contribution in [-0.4, -0.2) is 21.3 Å². The minimum atomic E-state index is 0.714. The highest BCUT2D eigenvalue weighted by Gasteiger charge is 2.01. The standard InChI is InChI=1S/C11H16N4O/c1-9-7-10(16-14-9)8-12-4-3-11-13-5-6-15(11)2/h5-7,12H,3-4,8H2,1-2H3. The minimum Gasteiger partial charge on any atom is -0.360 e. The summed E-state index contributed by atoms with van der Waals surface area (Å²) in [7, 11) is 2.00. The van der Waals surface area contributed by atoms with Crippen molar-refractivity contribution in [1.29, 1.82) is 0 Å². The first kappa shape index (κ1) is 10.9. The first-order valence-corrected chi connectivity index (χ1v) is 5.35. The van der Waals surface area contributed by atoms with Gasteiger partial charge in [-0.25, -0.2) is 4.98 Å². The second kappa shape index (κ2) is 4.94. The molecule has 86 valence electrons. The molecule has 0 saturated carbocycles. The number of hydrogen-bond acceptors (Lipinski definition) is 4. The summed E-state index contributed by atoms with van der Waals surface area (Å²) in [5, 5.41) is 7.12. The molecule has 2 aromatic rings. The molecular weight excluding hydrogens is 204 g/mol. The number of hydrogen-bond donors (Lipinski definition) is 1. The fourth-order valence-electron chi connectivity index (χ4n) is 1.55. The molecular formula is C11H16N4O. The molecule has 2 heterocycles. The summed E-state index contributed by atoms with van der Waals surface area (Å²) >= 11 is 0. The van der Waals surface area contributed by atoms with E-state index in [2.05, 4.69) is 15.5 Å². The lowest BCUT2D eigenvalue weighted by Gasteiger charge is -2.02. The highest BCUT2D eigenvalue weighted by atomic mass is 16.5. The van der Waals surface area contributed by atoms with Gasteiger partial charge in [0.25, 0.3) is 0 Å². The lowest BCUT2D eigenvalue weighted by molar-refractivity contribution is 0.370. The fraction of sp³-hybridized carbons (Fsp3) is 0.455. The van der Waals surface area contributed by atoms with E-state index in [1.165, 1.54) is 0 Å². The Morgan fingerprint density at radius 1 is 1.50 bits per heavy atom. The minimum absolute atomic E-state index is 0.714. The molecule has 0 spiro atoms. The molecule has 16 heavy (non-hydrogen) atoms. The van der Waals surface area contributed by atoms with Crippen LogP contribution >= 0.6 is 0 Å². The zero-order valence-corrected chi connectivity index (χ0v) is 9.60. The third kappa shape index (κ3) is 2.70. The van der Waals surface area contributed by atoms with Gasteiger partial charge in [-0.05, 0) is 6.92 Å². The Balaban J connectivity index is 1.71. The van der Waals surface area contributed by atoms with E-state index in [0.29, 0.717) is 6.54 Å². The van der Waals surface area contributed by atoms with E-state index in [0.717, 1.165) is 30.2 Å². The average Bonchev–Trinajstić information content (AvgIpc) is 2.83. The molecule has 0 bridgehead atoms. The summed E-state index contributed by atoms with van der Waals surface area (Å²) in [5.41, 5.74) is 0.918. The number of nitrogens with zero attached hydrogens (tertiary/aromatic N) is 3. The van der Waals surface area contributed by atoms with Gasteiger partial charge in [-0.3, -0.25) is 0 Å². The molecule has 2 aromatic heterocycles. The molecule has 5 heteroatoms. The van der Waals surface area contributed by atoms with Crippen molar-refractivity contribution in [3.05, 3.63) is 35.7 Å². The molecule has 0 aliphatic rings. The zero-order valence-electron chi connectivity index (χ0n) is 9.60. The van der Waals surface area contributed by atoms with Gasteiger partial charge in [0.2, 0.25) is 0 Å². The predicted octanol–water partition coefficient (Wildman–Crippen LogP) is 1.05. The van der Waals surface area contributed by atoms with Gasteiger partial charge < -0.3 is 14.4 Å². The van der Waals surface area contributed by atoms with Crippen molar-refractivity contribution in [3.63, 3.8) is 0 Å². The van der Waals surface area contributed by atoms with Crippen LogP contribution in [0.15, 0.2) is 23.0 Å². The lowest BCUT2D eigenvalue weighted by Crippen LogP contribution is -2.17. The molecule has 1 N–H and O–H groups in total. The number of aromatic nitrogens is 3. The molecule has 0 aliphatic heterocycles. The summed E-state index contributed by atoms with van der Waals surface area (Å²) in [4.78, 5) is 4.25. The van der Waals surface area contributed by atoms with E-state index in [-0.39, 0.29) is 0 Å². The van der Waals surface area contributed by atoms with E-state index in [9.17, 15) is 0 Å². The Morgan fingerprint density at radius 3 is 3.00 bits per heavy atom. The van der Waals surface area contributed by atoms with Crippen molar-refractivity contribution >= 4 is 0 Å². The van der Waals surface area contributed by atoms with Gasteiger partial charge in [-0.15, -0.1) is 0 Å². The van der Waals surface area contributed by atoms with Crippen LogP contribution < -0.4 is 5.32 Å². The van der Waals surface area contributed by atoms with Crippen molar-refractivity contribution in [2.75, 3.05) is 6.54 Å². The van der Waals surface area contributed by atoms with Crippen LogP contribution in [0.5, 0.6) is 0 Å². The smallest absolute Gasteiger partial charge is 0.150 e. The first-order chi connectivity index (χ1) is 7.75. The molecule has 5 nitrogen and oxygen atoms in total. The Labute approximate surface area is 94.5 Å². The van der Waals surface area contributed by atoms with Gasteiger partial charge in [0.1, 0.15) is 5.82 Å². The topological polar surface area (TPSA) is 55.9 Å². The van der Waals surface area contributed by atoms with Crippen molar-refractivity contribution in [1.82, 2.24) is 20.0 Å². The second-order valence-corrected chi connectivity index (χ2v) is 3.82. The molecule has 0 saturated heterocycles. The monoisotopic (exact) mass is 220 g/mol. The Hall–Kier alpha value is -1.62. The van der Waals surface area contributed by atoms with Crippen molar-refractivity contribution in [3.8, 4) is 0 Å². The van der Waals surface area contributed by atoms with Crippen LogP contribution in [0.25, 0.3) is 0 Å². The van der Waals surface area contributed by atoms with Crippen molar-refractivity contribution < 1.29 is 4.52 Å². The number of aryl methyl sites for hydroxylation is 2. The molecule has 0 atom stereocenters. The largest absolute Gasteiger partial charge is 0.360 e. The quantitative estimate of drug-likeness (QED) is 0.765. The van der Waals surface area contributed by atoms with Crippen LogP contribution in [0, 0.1) is 6.92 Å². The fourth-order valence-corrected chi connectivity index (χ4v) is 1.55. The van der Waals surface area contributed by atoms with E-state index >= 15 is 0 Å². The van der Waals surface area contributed by atoms with Gasteiger partial charge in [0.15, 0.2) is 5.76 Å². The molecule has 0 fully saturated rings. The number of nitrogens with one attached hydrogen (secondary N) is 1. The van der Waals surface area contributed by atoms with E-state index in [1.807, 2.05) is 37.0 Å². The zero-order chi connectivity index (χ0) is 11.4. The molecule has 0 unspecified atom stereocenters. The van der Waals surface area contributed by atoms with Gasteiger partial charge >= 0.3 is 0 Å². The Kier molecular flexibility index (Phi) is 3.36. The van der Waals surface area contributed by atoms with Crippen LogP contribution in [0.4, 0.5) is 0 Å².